The average molecular weight is 220 g/mol. The fourth-order valence-corrected chi connectivity index (χ4v) is 2.71. The lowest BCUT2D eigenvalue weighted by atomic mass is 9.82. The van der Waals surface area contributed by atoms with Crippen molar-refractivity contribution < 1.29 is 4.79 Å². The molecule has 0 bridgehead atoms. The van der Waals surface area contributed by atoms with Crippen LogP contribution in [0, 0.1) is 22.7 Å². The molecule has 3 heteroatoms. The molecule has 2 aliphatic carbocycles. The van der Waals surface area contributed by atoms with Crippen molar-refractivity contribution in [2.24, 2.45) is 11.3 Å². The molecule has 0 spiro atoms. The highest BCUT2D eigenvalue weighted by molar-refractivity contribution is 5.88. The Bertz CT molecular complexity index is 314. The van der Waals surface area contributed by atoms with Gasteiger partial charge in [-0.1, -0.05) is 26.2 Å². The van der Waals surface area contributed by atoms with Crippen LogP contribution >= 0.6 is 0 Å². The molecule has 1 N–H and O–H groups in total. The van der Waals surface area contributed by atoms with Gasteiger partial charge in [-0.3, -0.25) is 4.79 Å². The fourth-order valence-electron chi connectivity index (χ4n) is 2.71. The normalized spacial score (nSPS) is 31.5. The van der Waals surface area contributed by atoms with Crippen molar-refractivity contribution in [1.82, 2.24) is 5.32 Å². The number of nitrogens with zero attached hydrogens (tertiary/aromatic N) is 1. The van der Waals surface area contributed by atoms with Gasteiger partial charge in [-0.2, -0.15) is 5.26 Å². The van der Waals surface area contributed by atoms with Crippen LogP contribution in [0.4, 0.5) is 0 Å². The lowest BCUT2D eigenvalue weighted by molar-refractivity contribution is -0.125. The monoisotopic (exact) mass is 220 g/mol. The van der Waals surface area contributed by atoms with E-state index in [0.29, 0.717) is 12.0 Å². The summed E-state index contributed by atoms with van der Waals surface area (Å²) in [6.07, 6.45) is 7.43. The molecule has 2 unspecified atom stereocenters. The first kappa shape index (κ1) is 11.4. The van der Waals surface area contributed by atoms with Crippen molar-refractivity contribution in [3.63, 3.8) is 0 Å². The van der Waals surface area contributed by atoms with Crippen molar-refractivity contribution in [3.8, 4) is 6.07 Å². The summed E-state index contributed by atoms with van der Waals surface area (Å²) in [4.78, 5) is 12.0. The predicted molar refractivity (Wildman–Crippen MR) is 61.5 cm³/mol. The second kappa shape index (κ2) is 4.45. The number of nitriles is 1. The van der Waals surface area contributed by atoms with Gasteiger partial charge in [0.2, 0.25) is 5.91 Å². The summed E-state index contributed by atoms with van der Waals surface area (Å²) >= 11 is 0. The Morgan fingerprint density at radius 2 is 2.12 bits per heavy atom. The lowest BCUT2D eigenvalue weighted by Gasteiger charge is -2.32. The molecule has 0 aromatic rings. The largest absolute Gasteiger partial charge is 0.352 e. The Kier molecular flexibility index (Phi) is 3.18. The SMILES string of the molecule is CCC1CCCCC1NC(=O)C1(C#N)CC1. The molecule has 2 aliphatic rings. The van der Waals surface area contributed by atoms with Crippen molar-refractivity contribution in [2.75, 3.05) is 0 Å². The fraction of sp³-hybridized carbons (Fsp3) is 0.846. The molecule has 0 aromatic heterocycles. The first-order valence-corrected chi connectivity index (χ1v) is 6.44. The van der Waals surface area contributed by atoms with Crippen LogP contribution in [0.5, 0.6) is 0 Å². The van der Waals surface area contributed by atoms with E-state index < -0.39 is 5.41 Å². The molecule has 88 valence electrons. The molecule has 3 nitrogen and oxygen atoms in total. The molecule has 0 aromatic carbocycles. The van der Waals surface area contributed by atoms with E-state index in [-0.39, 0.29) is 5.91 Å². The van der Waals surface area contributed by atoms with Crippen molar-refractivity contribution in [2.45, 2.75) is 57.9 Å². The first-order chi connectivity index (χ1) is 7.72. The minimum Gasteiger partial charge on any atom is -0.352 e. The maximum absolute atomic E-state index is 12.0. The van der Waals surface area contributed by atoms with Crippen LogP contribution in [0.25, 0.3) is 0 Å². The topological polar surface area (TPSA) is 52.9 Å². The number of carbonyl (C=O) groups is 1. The number of hydrogen-bond donors (Lipinski definition) is 1. The van der Waals surface area contributed by atoms with E-state index in [2.05, 4.69) is 18.3 Å². The van der Waals surface area contributed by atoms with E-state index in [4.69, 9.17) is 5.26 Å². The average Bonchev–Trinajstić information content (AvgIpc) is 3.10. The molecule has 0 heterocycles. The third kappa shape index (κ3) is 2.07. The molecule has 0 saturated heterocycles. The van der Waals surface area contributed by atoms with Crippen LogP contribution in [-0.4, -0.2) is 11.9 Å². The van der Waals surface area contributed by atoms with Crippen LogP contribution in [0.2, 0.25) is 0 Å². The van der Waals surface area contributed by atoms with Gasteiger partial charge in [0, 0.05) is 6.04 Å². The summed E-state index contributed by atoms with van der Waals surface area (Å²) in [5, 5.41) is 12.1. The second-order valence-electron chi connectivity index (χ2n) is 5.23. The van der Waals surface area contributed by atoms with Gasteiger partial charge in [-0.05, 0) is 31.6 Å². The van der Waals surface area contributed by atoms with Gasteiger partial charge in [0.15, 0.2) is 0 Å². The summed E-state index contributed by atoms with van der Waals surface area (Å²) in [6.45, 7) is 2.19. The minimum atomic E-state index is -0.657. The van der Waals surface area contributed by atoms with E-state index in [1.54, 1.807) is 0 Å². The van der Waals surface area contributed by atoms with Gasteiger partial charge >= 0.3 is 0 Å². The number of carbonyl (C=O) groups excluding carboxylic acids is 1. The lowest BCUT2D eigenvalue weighted by Crippen LogP contribution is -2.44. The molecular formula is C13H20N2O. The minimum absolute atomic E-state index is 0.0136. The highest BCUT2D eigenvalue weighted by Crippen LogP contribution is 2.45. The quantitative estimate of drug-likeness (QED) is 0.794. The molecule has 2 rings (SSSR count). The van der Waals surface area contributed by atoms with E-state index in [1.165, 1.54) is 19.3 Å². The van der Waals surface area contributed by atoms with Gasteiger partial charge in [0.25, 0.3) is 0 Å². The molecule has 0 radical (unpaired) electrons. The highest BCUT2D eigenvalue weighted by atomic mass is 16.2. The van der Waals surface area contributed by atoms with E-state index in [9.17, 15) is 4.79 Å². The molecule has 1 amide bonds. The Balaban J connectivity index is 1.93. The Labute approximate surface area is 97.2 Å². The summed E-state index contributed by atoms with van der Waals surface area (Å²) in [7, 11) is 0. The molecule has 2 atom stereocenters. The zero-order valence-electron chi connectivity index (χ0n) is 9.96. The van der Waals surface area contributed by atoms with Gasteiger partial charge in [0.05, 0.1) is 6.07 Å². The molecule has 0 aliphatic heterocycles. The van der Waals surface area contributed by atoms with Crippen molar-refractivity contribution in [1.29, 1.82) is 5.26 Å². The van der Waals surface area contributed by atoms with Gasteiger partial charge in [-0.25, -0.2) is 0 Å². The Hall–Kier alpha value is -1.04. The van der Waals surface area contributed by atoms with Gasteiger partial charge in [-0.15, -0.1) is 0 Å². The maximum atomic E-state index is 12.0. The van der Waals surface area contributed by atoms with Crippen LogP contribution in [0.15, 0.2) is 0 Å². The first-order valence-electron chi connectivity index (χ1n) is 6.44. The van der Waals surface area contributed by atoms with Crippen LogP contribution < -0.4 is 5.32 Å². The molecular weight excluding hydrogens is 200 g/mol. The molecule has 2 fully saturated rings. The van der Waals surface area contributed by atoms with E-state index in [1.807, 2.05) is 0 Å². The number of rotatable bonds is 3. The Morgan fingerprint density at radius 1 is 1.44 bits per heavy atom. The molecule has 16 heavy (non-hydrogen) atoms. The standard InChI is InChI=1S/C13H20N2O/c1-2-10-5-3-4-6-11(10)15-12(16)13(9-14)7-8-13/h10-11H,2-8H2,1H3,(H,15,16). The second-order valence-corrected chi connectivity index (χ2v) is 5.23. The van der Waals surface area contributed by atoms with Gasteiger partial charge < -0.3 is 5.32 Å². The van der Waals surface area contributed by atoms with E-state index in [0.717, 1.165) is 25.7 Å². The third-order valence-electron chi connectivity index (χ3n) is 4.15. The van der Waals surface area contributed by atoms with E-state index >= 15 is 0 Å². The van der Waals surface area contributed by atoms with Crippen LogP contribution in [0.3, 0.4) is 0 Å². The smallest absolute Gasteiger partial charge is 0.240 e. The summed E-state index contributed by atoms with van der Waals surface area (Å²) in [5.41, 5.74) is -0.657. The molecule has 2 saturated carbocycles. The van der Waals surface area contributed by atoms with Crippen LogP contribution in [-0.2, 0) is 4.79 Å². The Morgan fingerprint density at radius 3 is 2.69 bits per heavy atom. The predicted octanol–water partition coefficient (Wildman–Crippen LogP) is 2.38. The third-order valence-corrected chi connectivity index (χ3v) is 4.15. The van der Waals surface area contributed by atoms with Crippen molar-refractivity contribution >= 4 is 5.91 Å². The van der Waals surface area contributed by atoms with Crippen LogP contribution in [0.1, 0.15) is 51.9 Å². The number of nitrogens with one attached hydrogen (secondary N) is 1. The van der Waals surface area contributed by atoms with Crippen molar-refractivity contribution in [3.05, 3.63) is 0 Å². The highest BCUT2D eigenvalue weighted by Gasteiger charge is 2.51. The number of amides is 1. The zero-order valence-corrected chi connectivity index (χ0v) is 9.96. The van der Waals surface area contributed by atoms with Gasteiger partial charge in [0.1, 0.15) is 5.41 Å². The zero-order chi connectivity index (χ0) is 11.6. The summed E-state index contributed by atoms with van der Waals surface area (Å²) in [6, 6.07) is 2.48. The number of hydrogen-bond acceptors (Lipinski definition) is 2. The summed E-state index contributed by atoms with van der Waals surface area (Å²) < 4.78 is 0. The maximum Gasteiger partial charge on any atom is 0.240 e. The summed E-state index contributed by atoms with van der Waals surface area (Å²) in [5.74, 6) is 0.604.